The molecule has 3 rings (SSSR count). The molecular formula is C20H26N3O+. The summed E-state index contributed by atoms with van der Waals surface area (Å²) in [6.07, 6.45) is 0. The van der Waals surface area contributed by atoms with Crippen molar-refractivity contribution >= 4 is 11.6 Å². The number of nitrogens with one attached hydrogen (secondary N) is 2. The van der Waals surface area contributed by atoms with E-state index in [9.17, 15) is 4.79 Å². The number of piperazine rings is 1. The van der Waals surface area contributed by atoms with Crippen LogP contribution in [0.4, 0.5) is 5.69 Å². The van der Waals surface area contributed by atoms with Crippen molar-refractivity contribution in [3.05, 3.63) is 66.2 Å². The Kier molecular flexibility index (Phi) is 5.49. The van der Waals surface area contributed by atoms with Crippen LogP contribution in [-0.2, 0) is 4.79 Å². The molecule has 1 atom stereocenters. The molecule has 126 valence electrons. The molecule has 0 radical (unpaired) electrons. The summed E-state index contributed by atoms with van der Waals surface area (Å²) in [7, 11) is 0. The summed E-state index contributed by atoms with van der Waals surface area (Å²) in [5.74, 6) is 0.134. The first-order chi connectivity index (χ1) is 11.7. The third-order valence-electron chi connectivity index (χ3n) is 4.68. The van der Waals surface area contributed by atoms with Gasteiger partial charge in [-0.1, -0.05) is 48.5 Å². The highest BCUT2D eigenvalue weighted by atomic mass is 16.2. The van der Waals surface area contributed by atoms with Gasteiger partial charge in [-0.05, 0) is 24.6 Å². The van der Waals surface area contributed by atoms with E-state index in [2.05, 4.69) is 46.6 Å². The average molecular weight is 324 g/mol. The van der Waals surface area contributed by atoms with E-state index in [0.29, 0.717) is 6.54 Å². The predicted molar refractivity (Wildman–Crippen MR) is 97.2 cm³/mol. The Morgan fingerprint density at radius 2 is 1.62 bits per heavy atom. The Bertz CT molecular complexity index is 636. The fraction of sp³-hybridized carbons (Fsp3) is 0.350. The van der Waals surface area contributed by atoms with Crippen LogP contribution in [0.3, 0.4) is 0 Å². The average Bonchev–Trinajstić information content (AvgIpc) is 2.64. The highest BCUT2D eigenvalue weighted by molar-refractivity contribution is 5.77. The number of rotatable bonds is 5. The molecule has 2 aromatic rings. The van der Waals surface area contributed by atoms with E-state index in [-0.39, 0.29) is 11.9 Å². The maximum Gasteiger partial charge on any atom is 0.275 e. The quantitative estimate of drug-likeness (QED) is 0.869. The van der Waals surface area contributed by atoms with Crippen molar-refractivity contribution in [1.29, 1.82) is 0 Å². The van der Waals surface area contributed by atoms with Gasteiger partial charge < -0.3 is 15.1 Å². The molecule has 0 bridgehead atoms. The fourth-order valence-electron chi connectivity index (χ4n) is 3.24. The zero-order chi connectivity index (χ0) is 16.8. The first-order valence-corrected chi connectivity index (χ1v) is 8.70. The van der Waals surface area contributed by atoms with Crippen LogP contribution in [0.1, 0.15) is 18.5 Å². The summed E-state index contributed by atoms with van der Waals surface area (Å²) in [5.41, 5.74) is 2.42. The van der Waals surface area contributed by atoms with Gasteiger partial charge in [0, 0.05) is 5.69 Å². The number of hydrogen-bond acceptors (Lipinski definition) is 2. The van der Waals surface area contributed by atoms with Crippen molar-refractivity contribution < 1.29 is 9.69 Å². The zero-order valence-corrected chi connectivity index (χ0v) is 14.2. The Balaban J connectivity index is 1.45. The molecule has 0 aliphatic carbocycles. The molecule has 0 unspecified atom stereocenters. The Hall–Kier alpha value is -2.33. The molecule has 2 aromatic carbocycles. The van der Waals surface area contributed by atoms with E-state index < -0.39 is 0 Å². The summed E-state index contributed by atoms with van der Waals surface area (Å²) in [6, 6.07) is 20.7. The van der Waals surface area contributed by atoms with E-state index >= 15 is 0 Å². The molecule has 1 heterocycles. The number of para-hydroxylation sites is 1. The Labute approximate surface area is 144 Å². The van der Waals surface area contributed by atoms with Gasteiger partial charge in [0.15, 0.2) is 6.54 Å². The second kappa shape index (κ2) is 7.97. The molecule has 4 nitrogen and oxygen atoms in total. The van der Waals surface area contributed by atoms with Gasteiger partial charge in [-0.3, -0.25) is 4.79 Å². The van der Waals surface area contributed by atoms with Gasteiger partial charge in [0.2, 0.25) is 0 Å². The van der Waals surface area contributed by atoms with Crippen LogP contribution < -0.4 is 15.1 Å². The summed E-state index contributed by atoms with van der Waals surface area (Å²) in [4.78, 5) is 16.1. The first-order valence-electron chi connectivity index (χ1n) is 8.70. The van der Waals surface area contributed by atoms with E-state index in [4.69, 9.17) is 0 Å². The number of amides is 1. The molecule has 0 saturated carbocycles. The number of nitrogens with zero attached hydrogens (tertiary/aromatic N) is 1. The molecule has 24 heavy (non-hydrogen) atoms. The van der Waals surface area contributed by atoms with Crippen LogP contribution >= 0.6 is 0 Å². The predicted octanol–water partition coefficient (Wildman–Crippen LogP) is 1.27. The molecule has 1 fully saturated rings. The van der Waals surface area contributed by atoms with Crippen molar-refractivity contribution in [2.24, 2.45) is 0 Å². The fourth-order valence-corrected chi connectivity index (χ4v) is 3.24. The van der Waals surface area contributed by atoms with Crippen LogP contribution in [0, 0.1) is 0 Å². The molecule has 0 aromatic heterocycles. The molecule has 4 heteroatoms. The first kappa shape index (κ1) is 16.5. The lowest BCUT2D eigenvalue weighted by Crippen LogP contribution is -3.15. The maximum absolute atomic E-state index is 12.3. The van der Waals surface area contributed by atoms with Crippen LogP contribution in [-0.4, -0.2) is 38.6 Å². The molecular weight excluding hydrogens is 298 g/mol. The van der Waals surface area contributed by atoms with Gasteiger partial charge in [-0.15, -0.1) is 0 Å². The number of quaternary nitrogens is 1. The third-order valence-corrected chi connectivity index (χ3v) is 4.68. The lowest BCUT2D eigenvalue weighted by molar-refractivity contribution is -0.892. The van der Waals surface area contributed by atoms with Crippen molar-refractivity contribution in [3.8, 4) is 0 Å². The number of benzene rings is 2. The minimum atomic E-state index is 0.0590. The van der Waals surface area contributed by atoms with Crippen molar-refractivity contribution in [2.45, 2.75) is 13.0 Å². The van der Waals surface area contributed by atoms with Gasteiger partial charge in [0.25, 0.3) is 5.91 Å². The largest absolute Gasteiger partial charge is 0.360 e. The monoisotopic (exact) mass is 324 g/mol. The van der Waals surface area contributed by atoms with E-state index in [0.717, 1.165) is 31.7 Å². The van der Waals surface area contributed by atoms with Gasteiger partial charge in [-0.2, -0.15) is 0 Å². The molecule has 1 amide bonds. The summed E-state index contributed by atoms with van der Waals surface area (Å²) < 4.78 is 0. The maximum atomic E-state index is 12.3. The molecule has 1 aliphatic rings. The molecule has 1 aliphatic heterocycles. The second-order valence-corrected chi connectivity index (χ2v) is 6.45. The third kappa shape index (κ3) is 4.36. The normalized spacial score (nSPS) is 16.6. The van der Waals surface area contributed by atoms with Gasteiger partial charge in [0.05, 0.1) is 32.2 Å². The van der Waals surface area contributed by atoms with Crippen LogP contribution in [0.2, 0.25) is 0 Å². The SMILES string of the molecule is C[C@H](NC(=O)C[NH+]1CCN(c2ccccc2)CC1)c1ccccc1. The number of carbonyl (C=O) groups is 1. The van der Waals surface area contributed by atoms with Crippen LogP contribution in [0.15, 0.2) is 60.7 Å². The highest BCUT2D eigenvalue weighted by Crippen LogP contribution is 2.12. The summed E-state index contributed by atoms with van der Waals surface area (Å²) in [6.45, 7) is 6.60. The van der Waals surface area contributed by atoms with Gasteiger partial charge in [-0.25, -0.2) is 0 Å². The van der Waals surface area contributed by atoms with E-state index in [1.54, 1.807) is 0 Å². The standard InChI is InChI=1S/C20H25N3O/c1-17(18-8-4-2-5-9-18)21-20(24)16-22-12-14-23(15-13-22)19-10-6-3-7-11-19/h2-11,17H,12-16H2,1H3,(H,21,24)/p+1/t17-/m0/s1. The number of hydrogen-bond donors (Lipinski definition) is 2. The lowest BCUT2D eigenvalue weighted by Gasteiger charge is -2.33. The molecule has 2 N–H and O–H groups in total. The molecule has 0 spiro atoms. The Morgan fingerprint density at radius 1 is 1.04 bits per heavy atom. The van der Waals surface area contributed by atoms with Gasteiger partial charge >= 0.3 is 0 Å². The van der Waals surface area contributed by atoms with E-state index in [1.807, 2.05) is 31.2 Å². The molecule has 1 saturated heterocycles. The highest BCUT2D eigenvalue weighted by Gasteiger charge is 2.22. The number of carbonyl (C=O) groups excluding carboxylic acids is 1. The van der Waals surface area contributed by atoms with Crippen molar-refractivity contribution in [1.82, 2.24) is 5.32 Å². The minimum Gasteiger partial charge on any atom is -0.360 e. The van der Waals surface area contributed by atoms with E-state index in [1.165, 1.54) is 10.6 Å². The Morgan fingerprint density at radius 3 is 2.25 bits per heavy atom. The van der Waals surface area contributed by atoms with Crippen LogP contribution in [0.25, 0.3) is 0 Å². The van der Waals surface area contributed by atoms with Gasteiger partial charge in [0.1, 0.15) is 0 Å². The minimum absolute atomic E-state index is 0.0590. The topological polar surface area (TPSA) is 36.8 Å². The second-order valence-electron chi connectivity index (χ2n) is 6.45. The zero-order valence-electron chi connectivity index (χ0n) is 14.2. The van der Waals surface area contributed by atoms with Crippen molar-refractivity contribution in [2.75, 3.05) is 37.6 Å². The number of anilines is 1. The summed E-state index contributed by atoms with van der Waals surface area (Å²) in [5, 5.41) is 3.11. The van der Waals surface area contributed by atoms with Crippen LogP contribution in [0.5, 0.6) is 0 Å². The summed E-state index contributed by atoms with van der Waals surface area (Å²) >= 11 is 0. The lowest BCUT2D eigenvalue weighted by atomic mass is 10.1. The smallest absolute Gasteiger partial charge is 0.275 e. The van der Waals surface area contributed by atoms with Crippen molar-refractivity contribution in [3.63, 3.8) is 0 Å².